The Kier molecular flexibility index (Phi) is 6.92. The standard InChI is InChI=1S/C29H36FN3O2/c1-2-27(34)33-20-24(26(21-33)23-6-4-3-5-7-23)19-31-15-12-29(13-16-31)14-17-32(28(29)35)18-22-8-10-25(30)11-9-22/h3-11,24,26H,2,12-21H2,1H3/t24-,26+/m0/s1. The first-order valence-corrected chi connectivity index (χ1v) is 13.1. The molecule has 0 radical (unpaired) electrons. The molecule has 1 spiro atoms. The molecule has 2 aromatic rings. The van der Waals surface area contributed by atoms with Crippen molar-refractivity contribution in [2.45, 2.75) is 45.1 Å². The molecular weight excluding hydrogens is 441 g/mol. The van der Waals surface area contributed by atoms with Crippen LogP contribution in [0, 0.1) is 17.2 Å². The molecule has 5 nitrogen and oxygen atoms in total. The molecule has 3 heterocycles. The second-order valence-electron chi connectivity index (χ2n) is 10.6. The van der Waals surface area contributed by atoms with Crippen LogP contribution in [0.4, 0.5) is 4.39 Å². The van der Waals surface area contributed by atoms with Crippen LogP contribution in [0.5, 0.6) is 0 Å². The predicted molar refractivity (Wildman–Crippen MR) is 134 cm³/mol. The number of hydrogen-bond acceptors (Lipinski definition) is 3. The van der Waals surface area contributed by atoms with E-state index in [9.17, 15) is 14.0 Å². The first-order chi connectivity index (χ1) is 17.0. The maximum absolute atomic E-state index is 13.4. The molecule has 3 saturated heterocycles. The van der Waals surface area contributed by atoms with Gasteiger partial charge in [0.25, 0.3) is 0 Å². The first kappa shape index (κ1) is 24.0. The van der Waals surface area contributed by atoms with Gasteiger partial charge in [-0.3, -0.25) is 9.59 Å². The fourth-order valence-electron chi connectivity index (χ4n) is 6.37. The fourth-order valence-corrected chi connectivity index (χ4v) is 6.37. The lowest BCUT2D eigenvalue weighted by Crippen LogP contribution is -2.46. The van der Waals surface area contributed by atoms with Crippen LogP contribution in [0.25, 0.3) is 0 Å². The molecule has 3 aliphatic rings. The van der Waals surface area contributed by atoms with Gasteiger partial charge in [-0.25, -0.2) is 4.39 Å². The van der Waals surface area contributed by atoms with Crippen molar-refractivity contribution >= 4 is 11.8 Å². The Bertz CT molecular complexity index is 1030. The number of carbonyl (C=O) groups is 2. The molecule has 5 rings (SSSR count). The van der Waals surface area contributed by atoms with Gasteiger partial charge in [-0.15, -0.1) is 0 Å². The van der Waals surface area contributed by atoms with Crippen LogP contribution in [0.3, 0.4) is 0 Å². The van der Waals surface area contributed by atoms with Gasteiger partial charge < -0.3 is 14.7 Å². The van der Waals surface area contributed by atoms with Crippen molar-refractivity contribution in [3.63, 3.8) is 0 Å². The van der Waals surface area contributed by atoms with E-state index in [4.69, 9.17) is 0 Å². The quantitative estimate of drug-likeness (QED) is 0.623. The maximum Gasteiger partial charge on any atom is 0.229 e. The van der Waals surface area contributed by atoms with Crippen LogP contribution in [-0.4, -0.2) is 65.8 Å². The summed E-state index contributed by atoms with van der Waals surface area (Å²) in [7, 11) is 0. The molecule has 0 N–H and O–H groups in total. The lowest BCUT2D eigenvalue weighted by molar-refractivity contribution is -0.139. The zero-order chi connectivity index (χ0) is 24.4. The number of benzene rings is 2. The molecule has 2 aromatic carbocycles. The Morgan fingerprint density at radius 2 is 1.66 bits per heavy atom. The maximum atomic E-state index is 13.4. The summed E-state index contributed by atoms with van der Waals surface area (Å²) in [5.74, 6) is 1.04. The summed E-state index contributed by atoms with van der Waals surface area (Å²) in [5, 5.41) is 0. The van der Waals surface area contributed by atoms with Crippen LogP contribution in [0.15, 0.2) is 54.6 Å². The van der Waals surface area contributed by atoms with Crippen molar-refractivity contribution in [2.75, 3.05) is 39.3 Å². The molecule has 0 saturated carbocycles. The van der Waals surface area contributed by atoms with Crippen molar-refractivity contribution in [1.29, 1.82) is 0 Å². The Labute approximate surface area is 207 Å². The molecule has 186 valence electrons. The van der Waals surface area contributed by atoms with Crippen LogP contribution in [-0.2, 0) is 16.1 Å². The number of rotatable bonds is 6. The largest absolute Gasteiger partial charge is 0.342 e. The highest BCUT2D eigenvalue weighted by Crippen LogP contribution is 2.43. The second-order valence-corrected chi connectivity index (χ2v) is 10.6. The number of likely N-dealkylation sites (tertiary alicyclic amines) is 3. The van der Waals surface area contributed by atoms with E-state index in [0.29, 0.717) is 24.8 Å². The van der Waals surface area contributed by atoms with Gasteiger partial charge >= 0.3 is 0 Å². The predicted octanol–water partition coefficient (Wildman–Crippen LogP) is 4.29. The highest BCUT2D eigenvalue weighted by atomic mass is 19.1. The third kappa shape index (κ3) is 4.99. The number of halogens is 1. The van der Waals surface area contributed by atoms with Crippen molar-refractivity contribution in [1.82, 2.24) is 14.7 Å². The van der Waals surface area contributed by atoms with E-state index in [0.717, 1.165) is 64.1 Å². The van der Waals surface area contributed by atoms with Crippen molar-refractivity contribution in [2.24, 2.45) is 11.3 Å². The van der Waals surface area contributed by atoms with Crippen LogP contribution >= 0.6 is 0 Å². The van der Waals surface area contributed by atoms with Gasteiger partial charge in [0.1, 0.15) is 5.82 Å². The number of nitrogens with zero attached hydrogens (tertiary/aromatic N) is 3. The molecule has 0 unspecified atom stereocenters. The topological polar surface area (TPSA) is 43.9 Å². The van der Waals surface area contributed by atoms with Gasteiger partial charge in [0.05, 0.1) is 5.41 Å². The minimum absolute atomic E-state index is 0.240. The Morgan fingerprint density at radius 3 is 2.34 bits per heavy atom. The van der Waals surface area contributed by atoms with Crippen molar-refractivity contribution in [3.8, 4) is 0 Å². The van der Waals surface area contributed by atoms with E-state index in [-0.39, 0.29) is 23.0 Å². The van der Waals surface area contributed by atoms with Gasteiger partial charge in [0.2, 0.25) is 11.8 Å². The van der Waals surface area contributed by atoms with Crippen molar-refractivity contribution < 1.29 is 14.0 Å². The smallest absolute Gasteiger partial charge is 0.229 e. The zero-order valence-electron chi connectivity index (χ0n) is 20.7. The molecular formula is C29H36FN3O2. The van der Waals surface area contributed by atoms with E-state index >= 15 is 0 Å². The minimum atomic E-state index is -0.246. The highest BCUT2D eigenvalue weighted by molar-refractivity contribution is 5.85. The zero-order valence-corrected chi connectivity index (χ0v) is 20.7. The van der Waals surface area contributed by atoms with Crippen molar-refractivity contribution in [3.05, 3.63) is 71.5 Å². The van der Waals surface area contributed by atoms with E-state index in [2.05, 4.69) is 29.2 Å². The number of carbonyl (C=O) groups excluding carboxylic acids is 2. The minimum Gasteiger partial charge on any atom is -0.342 e. The molecule has 3 fully saturated rings. The molecule has 3 aliphatic heterocycles. The summed E-state index contributed by atoms with van der Waals surface area (Å²) in [6.07, 6.45) is 3.25. The molecule has 2 amide bonds. The van der Waals surface area contributed by atoms with Gasteiger partial charge in [0.15, 0.2) is 0 Å². The SMILES string of the molecule is CCC(=O)N1C[C@H](CN2CCC3(CC2)CCN(Cc2ccc(F)cc2)C3=O)[C@@H](c2ccccc2)C1. The summed E-state index contributed by atoms with van der Waals surface area (Å²) in [6, 6.07) is 17.1. The third-order valence-electron chi connectivity index (χ3n) is 8.52. The van der Waals surface area contributed by atoms with E-state index in [1.54, 1.807) is 12.1 Å². The lowest BCUT2D eigenvalue weighted by Gasteiger charge is -2.39. The monoisotopic (exact) mass is 477 g/mol. The molecule has 6 heteroatoms. The normalized spacial score (nSPS) is 24.5. The second kappa shape index (κ2) is 10.1. The van der Waals surface area contributed by atoms with Crippen LogP contribution in [0.1, 0.15) is 49.7 Å². The number of piperidine rings is 1. The summed E-state index contributed by atoms with van der Waals surface area (Å²) < 4.78 is 13.2. The Balaban J connectivity index is 1.20. The summed E-state index contributed by atoms with van der Waals surface area (Å²) in [6.45, 7) is 7.72. The highest BCUT2D eigenvalue weighted by Gasteiger charge is 2.48. The average Bonchev–Trinajstić information content (AvgIpc) is 3.44. The fraction of sp³-hybridized carbons (Fsp3) is 0.517. The molecule has 35 heavy (non-hydrogen) atoms. The molecule has 0 aliphatic carbocycles. The number of hydrogen-bond donors (Lipinski definition) is 0. The summed E-state index contributed by atoms with van der Waals surface area (Å²) in [5.41, 5.74) is 2.06. The van der Waals surface area contributed by atoms with E-state index in [1.807, 2.05) is 22.8 Å². The van der Waals surface area contributed by atoms with E-state index < -0.39 is 0 Å². The van der Waals surface area contributed by atoms with Gasteiger partial charge in [0, 0.05) is 45.1 Å². The summed E-state index contributed by atoms with van der Waals surface area (Å²) >= 11 is 0. The van der Waals surface area contributed by atoms with Gasteiger partial charge in [-0.05, 0) is 61.5 Å². The molecule has 2 atom stereocenters. The van der Waals surface area contributed by atoms with Gasteiger partial charge in [-0.1, -0.05) is 49.4 Å². The lowest BCUT2D eigenvalue weighted by atomic mass is 9.76. The van der Waals surface area contributed by atoms with Crippen LogP contribution < -0.4 is 0 Å². The van der Waals surface area contributed by atoms with E-state index in [1.165, 1.54) is 17.7 Å². The Morgan fingerprint density at radius 1 is 0.971 bits per heavy atom. The first-order valence-electron chi connectivity index (χ1n) is 13.1. The molecule has 0 aromatic heterocycles. The average molecular weight is 478 g/mol. The Hall–Kier alpha value is -2.73. The van der Waals surface area contributed by atoms with Crippen LogP contribution in [0.2, 0.25) is 0 Å². The molecule has 0 bridgehead atoms. The number of amides is 2. The third-order valence-corrected chi connectivity index (χ3v) is 8.52. The van der Waals surface area contributed by atoms with Gasteiger partial charge in [-0.2, -0.15) is 0 Å². The summed E-state index contributed by atoms with van der Waals surface area (Å²) in [4.78, 5) is 32.4.